The molecule has 6 nitrogen and oxygen atoms in total. The lowest BCUT2D eigenvalue weighted by molar-refractivity contribution is -0.534. The fourth-order valence-electron chi connectivity index (χ4n) is 3.07. The second-order valence-electron chi connectivity index (χ2n) is 9.28. The average molecular weight is 433 g/mol. The molecule has 7 heteroatoms. The van der Waals surface area contributed by atoms with Crippen molar-refractivity contribution in [2.45, 2.75) is 64.6 Å². The van der Waals surface area contributed by atoms with Crippen LogP contribution in [0.4, 0.5) is 4.79 Å². The maximum atomic E-state index is 12.5. The van der Waals surface area contributed by atoms with Gasteiger partial charge in [-0.2, -0.15) is 0 Å². The summed E-state index contributed by atoms with van der Waals surface area (Å²) in [6.07, 6.45) is -0.722. The van der Waals surface area contributed by atoms with Crippen molar-refractivity contribution in [2.75, 3.05) is 0 Å². The number of hydrogen-bond acceptors (Lipinski definition) is 4. The third kappa shape index (κ3) is 6.46. The van der Waals surface area contributed by atoms with Crippen LogP contribution in [-0.4, -0.2) is 16.6 Å². The SMILES string of the molecule is CC(C)(C)OC(=O)N[C@H](c1ccc(Cl)cc1)[C@H](c1ccc(C(C)(C)C)cc1)[N+](=O)[O-]. The molecule has 0 saturated heterocycles. The molecule has 1 N–H and O–H groups in total. The Balaban J connectivity index is 2.47. The van der Waals surface area contributed by atoms with Crippen molar-refractivity contribution in [3.05, 3.63) is 80.4 Å². The summed E-state index contributed by atoms with van der Waals surface area (Å²) in [4.78, 5) is 24.2. The van der Waals surface area contributed by atoms with Crippen LogP contribution in [0.3, 0.4) is 0 Å². The lowest BCUT2D eigenvalue weighted by atomic mass is 9.85. The number of nitrogens with one attached hydrogen (secondary N) is 1. The summed E-state index contributed by atoms with van der Waals surface area (Å²) in [6.45, 7) is 11.4. The van der Waals surface area contributed by atoms with E-state index < -0.39 is 23.8 Å². The van der Waals surface area contributed by atoms with Gasteiger partial charge in [-0.15, -0.1) is 0 Å². The summed E-state index contributed by atoms with van der Waals surface area (Å²) >= 11 is 5.98. The summed E-state index contributed by atoms with van der Waals surface area (Å²) in [6, 6.07) is 11.7. The van der Waals surface area contributed by atoms with Crippen molar-refractivity contribution in [2.24, 2.45) is 0 Å². The van der Waals surface area contributed by atoms with Gasteiger partial charge in [0.15, 0.2) is 0 Å². The van der Waals surface area contributed by atoms with Gasteiger partial charge in [0.1, 0.15) is 11.6 Å². The average Bonchev–Trinajstić information content (AvgIpc) is 2.59. The van der Waals surface area contributed by atoms with Gasteiger partial charge in [-0.3, -0.25) is 10.1 Å². The van der Waals surface area contributed by atoms with E-state index in [-0.39, 0.29) is 10.3 Å². The van der Waals surface area contributed by atoms with E-state index in [4.69, 9.17) is 16.3 Å². The number of nitro groups is 1. The van der Waals surface area contributed by atoms with Crippen molar-refractivity contribution >= 4 is 17.7 Å². The zero-order valence-electron chi connectivity index (χ0n) is 18.2. The summed E-state index contributed by atoms with van der Waals surface area (Å²) in [7, 11) is 0. The van der Waals surface area contributed by atoms with E-state index in [1.807, 2.05) is 12.1 Å². The molecular formula is C23H29ClN2O4. The Morgan fingerprint density at radius 3 is 1.90 bits per heavy atom. The van der Waals surface area contributed by atoms with Crippen molar-refractivity contribution in [3.8, 4) is 0 Å². The van der Waals surface area contributed by atoms with Crippen molar-refractivity contribution in [1.29, 1.82) is 0 Å². The predicted octanol–water partition coefficient (Wildman–Crippen LogP) is 6.22. The fraction of sp³-hybridized carbons (Fsp3) is 0.435. The van der Waals surface area contributed by atoms with Crippen LogP contribution in [0.5, 0.6) is 0 Å². The zero-order valence-corrected chi connectivity index (χ0v) is 19.0. The Morgan fingerprint density at radius 1 is 0.967 bits per heavy atom. The lowest BCUT2D eigenvalue weighted by Gasteiger charge is -2.26. The molecule has 162 valence electrons. The Bertz CT molecular complexity index is 881. The van der Waals surface area contributed by atoms with E-state index in [0.717, 1.165) is 5.56 Å². The number of nitrogens with zero attached hydrogens (tertiary/aromatic N) is 1. The minimum Gasteiger partial charge on any atom is -0.444 e. The van der Waals surface area contributed by atoms with E-state index in [1.165, 1.54) is 0 Å². The highest BCUT2D eigenvalue weighted by molar-refractivity contribution is 6.30. The second kappa shape index (κ2) is 9.04. The van der Waals surface area contributed by atoms with Gasteiger partial charge in [-0.05, 0) is 49.4 Å². The first-order valence-electron chi connectivity index (χ1n) is 9.77. The molecule has 0 fully saturated rings. The van der Waals surface area contributed by atoms with E-state index >= 15 is 0 Å². The normalized spacial score (nSPS) is 14.0. The first-order chi connectivity index (χ1) is 13.8. The molecule has 0 bridgehead atoms. The fourth-order valence-corrected chi connectivity index (χ4v) is 3.19. The smallest absolute Gasteiger partial charge is 0.408 e. The monoisotopic (exact) mass is 432 g/mol. The maximum absolute atomic E-state index is 12.5. The van der Waals surface area contributed by atoms with Crippen LogP contribution < -0.4 is 5.32 Å². The van der Waals surface area contributed by atoms with Crippen LogP contribution >= 0.6 is 11.6 Å². The largest absolute Gasteiger partial charge is 0.444 e. The number of carbonyl (C=O) groups excluding carboxylic acids is 1. The molecule has 0 unspecified atom stereocenters. The van der Waals surface area contributed by atoms with Gasteiger partial charge in [0.05, 0.1) is 0 Å². The molecule has 0 aliphatic rings. The Kier molecular flexibility index (Phi) is 7.14. The molecule has 0 spiro atoms. The van der Waals surface area contributed by atoms with E-state index in [0.29, 0.717) is 16.1 Å². The number of hydrogen-bond donors (Lipinski definition) is 1. The van der Waals surface area contributed by atoms with Crippen LogP contribution in [0, 0.1) is 10.1 Å². The highest BCUT2D eigenvalue weighted by Crippen LogP contribution is 2.34. The van der Waals surface area contributed by atoms with Crippen LogP contribution in [0.15, 0.2) is 48.5 Å². The second-order valence-corrected chi connectivity index (χ2v) is 9.71. The molecule has 2 atom stereocenters. The van der Waals surface area contributed by atoms with E-state index in [1.54, 1.807) is 57.2 Å². The van der Waals surface area contributed by atoms with Crippen LogP contribution in [0.2, 0.25) is 5.02 Å². The molecule has 0 aromatic heterocycles. The molecule has 30 heavy (non-hydrogen) atoms. The van der Waals surface area contributed by atoms with Gasteiger partial charge in [0, 0.05) is 15.5 Å². The van der Waals surface area contributed by atoms with Gasteiger partial charge in [0.2, 0.25) is 0 Å². The third-order valence-corrected chi connectivity index (χ3v) is 4.81. The van der Waals surface area contributed by atoms with Gasteiger partial charge in [0.25, 0.3) is 6.04 Å². The Hall–Kier alpha value is -2.60. The molecule has 0 aliphatic heterocycles. The minimum atomic E-state index is -1.20. The maximum Gasteiger partial charge on any atom is 0.408 e. The molecule has 0 aliphatic carbocycles. The van der Waals surface area contributed by atoms with Gasteiger partial charge >= 0.3 is 6.09 Å². The number of amides is 1. The molecule has 0 saturated carbocycles. The topological polar surface area (TPSA) is 81.5 Å². The summed E-state index contributed by atoms with van der Waals surface area (Å²) in [5, 5.41) is 15.3. The number of ether oxygens (including phenoxy) is 1. The molecule has 2 rings (SSSR count). The number of alkyl carbamates (subject to hydrolysis) is 1. The lowest BCUT2D eigenvalue weighted by Crippen LogP contribution is -2.39. The summed E-state index contributed by atoms with van der Waals surface area (Å²) < 4.78 is 5.34. The number of benzene rings is 2. The molecule has 2 aromatic rings. The van der Waals surface area contributed by atoms with Crippen LogP contribution in [-0.2, 0) is 10.2 Å². The highest BCUT2D eigenvalue weighted by atomic mass is 35.5. The van der Waals surface area contributed by atoms with Crippen LogP contribution in [0.1, 0.15) is 70.3 Å². The van der Waals surface area contributed by atoms with Crippen molar-refractivity contribution < 1.29 is 14.5 Å². The zero-order chi connectivity index (χ0) is 22.7. The van der Waals surface area contributed by atoms with Crippen molar-refractivity contribution in [3.63, 3.8) is 0 Å². The standard InChI is InChI=1S/C23H29ClN2O4/c1-22(2,3)17-11-7-16(8-12-17)20(26(28)29)19(15-9-13-18(24)14-10-15)25-21(27)30-23(4,5)6/h7-14,19-20H,1-6H3,(H,25,27)/t19-,20+/m1/s1. The van der Waals surface area contributed by atoms with Crippen molar-refractivity contribution in [1.82, 2.24) is 5.32 Å². The third-order valence-electron chi connectivity index (χ3n) is 4.56. The minimum absolute atomic E-state index is 0.0764. The quantitative estimate of drug-likeness (QED) is 0.449. The number of rotatable bonds is 5. The number of halogens is 1. The summed E-state index contributed by atoms with van der Waals surface area (Å²) in [5.74, 6) is 0. The molecule has 1 amide bonds. The Morgan fingerprint density at radius 2 is 1.47 bits per heavy atom. The van der Waals surface area contributed by atoms with Gasteiger partial charge in [-0.1, -0.05) is 68.8 Å². The van der Waals surface area contributed by atoms with E-state index in [9.17, 15) is 14.9 Å². The molecule has 2 aromatic carbocycles. The molecule has 0 heterocycles. The van der Waals surface area contributed by atoms with Gasteiger partial charge in [-0.25, -0.2) is 4.79 Å². The molecule has 0 radical (unpaired) electrons. The van der Waals surface area contributed by atoms with E-state index in [2.05, 4.69) is 26.1 Å². The molecular weight excluding hydrogens is 404 g/mol. The first kappa shape index (κ1) is 23.7. The van der Waals surface area contributed by atoms with Gasteiger partial charge < -0.3 is 10.1 Å². The number of carbonyl (C=O) groups is 1. The summed E-state index contributed by atoms with van der Waals surface area (Å²) in [5.41, 5.74) is 1.31. The Labute approximate surface area is 182 Å². The predicted molar refractivity (Wildman–Crippen MR) is 118 cm³/mol. The highest BCUT2D eigenvalue weighted by Gasteiger charge is 2.37. The first-order valence-corrected chi connectivity index (χ1v) is 10.1. The van der Waals surface area contributed by atoms with Crippen LogP contribution in [0.25, 0.3) is 0 Å².